The lowest BCUT2D eigenvalue weighted by Crippen LogP contribution is -2.23. The highest BCUT2D eigenvalue weighted by Crippen LogP contribution is 2.28. The maximum absolute atomic E-state index is 12.1. The van der Waals surface area contributed by atoms with Gasteiger partial charge in [-0.15, -0.1) is 11.3 Å². The maximum Gasteiger partial charge on any atom is 0.264 e. The Labute approximate surface area is 99.5 Å². The molecule has 80 valence electrons. The van der Waals surface area contributed by atoms with Crippen molar-refractivity contribution in [2.45, 2.75) is 13.1 Å². The molecule has 2 aromatic rings. The van der Waals surface area contributed by atoms with Crippen LogP contribution < -0.4 is 0 Å². The van der Waals surface area contributed by atoms with Crippen LogP contribution in [0.3, 0.4) is 0 Å². The molecule has 0 saturated heterocycles. The van der Waals surface area contributed by atoms with Gasteiger partial charge in [-0.2, -0.15) is 0 Å². The largest absolute Gasteiger partial charge is 0.329 e. The summed E-state index contributed by atoms with van der Waals surface area (Å²) in [5, 5.41) is 1.88. The fourth-order valence-corrected chi connectivity index (χ4v) is 2.67. The zero-order chi connectivity index (χ0) is 11.8. The maximum atomic E-state index is 12.1. The van der Waals surface area contributed by atoms with Crippen LogP contribution in [0.25, 0.3) is 0 Å². The van der Waals surface area contributed by atoms with Crippen LogP contribution >= 0.6 is 11.3 Å². The molecule has 0 spiro atoms. The molecular weight excluding hydrogens is 218 g/mol. The summed E-state index contributed by atoms with van der Waals surface area (Å²) in [5.41, 5.74) is 1.91. The second-order valence-electron chi connectivity index (χ2n) is 3.75. The summed E-state index contributed by atoms with van der Waals surface area (Å²) in [5.74, 6) is -0.0150. The van der Waals surface area contributed by atoms with Gasteiger partial charge in [0.2, 0.25) is 0 Å². The molecule has 0 saturated carbocycles. The molecular formula is C13H11NOS. The molecule has 0 fully saturated rings. The van der Waals surface area contributed by atoms with E-state index in [1.807, 2.05) is 41.8 Å². The van der Waals surface area contributed by atoms with Crippen molar-refractivity contribution in [3.8, 4) is 0 Å². The van der Waals surface area contributed by atoms with Crippen LogP contribution in [0.5, 0.6) is 0 Å². The van der Waals surface area contributed by atoms with E-state index >= 15 is 0 Å². The molecule has 1 aromatic heterocycles. The monoisotopic (exact) mass is 230 g/mol. The van der Waals surface area contributed by atoms with Gasteiger partial charge in [0.1, 0.15) is 0 Å². The van der Waals surface area contributed by atoms with Gasteiger partial charge in [0.15, 0.2) is 0 Å². The topological polar surface area (TPSA) is 20.3 Å². The summed E-state index contributed by atoms with van der Waals surface area (Å²) in [6.07, 6.45) is 0. The molecule has 0 aliphatic carbocycles. The van der Waals surface area contributed by atoms with Crippen molar-refractivity contribution < 1.29 is 6.17 Å². The minimum atomic E-state index is -0.552. The summed E-state index contributed by atoms with van der Waals surface area (Å²) in [6, 6.07) is 11.7. The second-order valence-corrected chi connectivity index (χ2v) is 4.67. The lowest BCUT2D eigenvalue weighted by atomic mass is 10.2. The molecule has 1 aliphatic rings. The van der Waals surface area contributed by atoms with Gasteiger partial charge in [0, 0.05) is 13.1 Å². The highest BCUT2D eigenvalue weighted by atomic mass is 32.1. The van der Waals surface area contributed by atoms with E-state index < -0.39 is 6.52 Å². The molecule has 3 rings (SSSR count). The van der Waals surface area contributed by atoms with Crippen LogP contribution in [-0.4, -0.2) is 10.8 Å². The van der Waals surface area contributed by atoms with E-state index in [0.717, 1.165) is 16.0 Å². The van der Waals surface area contributed by atoms with Gasteiger partial charge in [-0.05, 0) is 22.6 Å². The first-order valence-electron chi connectivity index (χ1n) is 5.69. The molecule has 1 unspecified atom stereocenters. The molecule has 3 heteroatoms. The first-order valence-corrected chi connectivity index (χ1v) is 6.00. The zero-order valence-corrected chi connectivity index (χ0v) is 9.41. The number of hydrogen-bond acceptors (Lipinski definition) is 2. The average molecular weight is 230 g/mol. The molecule has 16 heavy (non-hydrogen) atoms. The third kappa shape index (κ3) is 1.53. The highest BCUT2D eigenvalue weighted by molar-refractivity contribution is 7.12. The predicted molar refractivity (Wildman–Crippen MR) is 64.3 cm³/mol. The first-order chi connectivity index (χ1) is 8.27. The van der Waals surface area contributed by atoms with Crippen molar-refractivity contribution in [1.29, 1.82) is 0 Å². The number of nitrogens with zero attached hydrogens (tertiary/aromatic N) is 1. The van der Waals surface area contributed by atoms with Gasteiger partial charge in [0.25, 0.3) is 5.91 Å². The van der Waals surface area contributed by atoms with Gasteiger partial charge in [-0.1, -0.05) is 30.3 Å². The highest BCUT2D eigenvalue weighted by Gasteiger charge is 2.28. The Morgan fingerprint density at radius 1 is 1.31 bits per heavy atom. The van der Waals surface area contributed by atoms with E-state index in [4.69, 9.17) is 1.37 Å². The summed E-state index contributed by atoms with van der Waals surface area (Å²) in [4.78, 5) is 14.4. The van der Waals surface area contributed by atoms with Crippen molar-refractivity contribution in [3.05, 3.63) is 57.8 Å². The molecule has 1 aliphatic heterocycles. The van der Waals surface area contributed by atoms with Crippen LogP contribution in [0.2, 0.25) is 0 Å². The third-order valence-corrected chi connectivity index (χ3v) is 3.56. The summed E-state index contributed by atoms with van der Waals surface area (Å²) >= 11 is 1.43. The van der Waals surface area contributed by atoms with Gasteiger partial charge in [-0.25, -0.2) is 0 Å². The summed E-state index contributed by atoms with van der Waals surface area (Å²) in [7, 11) is 0. The Morgan fingerprint density at radius 2 is 2.12 bits per heavy atom. The van der Waals surface area contributed by atoms with Gasteiger partial charge in [-0.3, -0.25) is 4.79 Å². The van der Waals surface area contributed by atoms with Crippen LogP contribution in [0.1, 0.15) is 22.2 Å². The van der Waals surface area contributed by atoms with Gasteiger partial charge < -0.3 is 4.90 Å². The third-order valence-electron chi connectivity index (χ3n) is 2.64. The number of benzene rings is 1. The molecule has 1 amide bonds. The molecule has 1 atom stereocenters. The number of hydrogen-bond donors (Lipinski definition) is 0. The Kier molecular flexibility index (Phi) is 2.00. The van der Waals surface area contributed by atoms with Crippen LogP contribution in [0.15, 0.2) is 41.8 Å². The predicted octanol–water partition coefficient (Wildman–Crippen LogP) is 2.90. The van der Waals surface area contributed by atoms with Crippen LogP contribution in [0.4, 0.5) is 0 Å². The van der Waals surface area contributed by atoms with Gasteiger partial charge in [0.05, 0.1) is 6.25 Å². The van der Waals surface area contributed by atoms with Crippen molar-refractivity contribution in [2.24, 2.45) is 0 Å². The van der Waals surface area contributed by atoms with E-state index in [-0.39, 0.29) is 5.91 Å². The van der Waals surface area contributed by atoms with E-state index in [1.54, 1.807) is 4.90 Å². The molecule has 0 N–H and O–H groups in total. The van der Waals surface area contributed by atoms with Crippen LogP contribution in [0, 0.1) is 0 Å². The lowest BCUT2D eigenvalue weighted by Gasteiger charge is -2.15. The summed E-state index contributed by atoms with van der Waals surface area (Å²) in [6.45, 7) is -0.0427. The van der Waals surface area contributed by atoms with E-state index in [2.05, 4.69) is 0 Å². The Balaban J connectivity index is 1.87. The van der Waals surface area contributed by atoms with Crippen molar-refractivity contribution in [2.75, 3.05) is 0 Å². The normalized spacial score (nSPS) is 19.8. The molecule has 0 radical (unpaired) electrons. The number of amides is 1. The first kappa shape index (κ1) is 8.53. The standard InChI is InChI=1S/C13H11NOS/c15-13-12-11(6-7-16-12)9-14(13)8-10-4-2-1-3-5-10/h1-7H,8-9H2/i9D. The molecule has 2 nitrogen and oxygen atoms in total. The second kappa shape index (κ2) is 3.76. The smallest absolute Gasteiger partial charge is 0.264 e. The quantitative estimate of drug-likeness (QED) is 0.776. The summed E-state index contributed by atoms with van der Waals surface area (Å²) < 4.78 is 8.08. The minimum absolute atomic E-state index is 0.0150. The minimum Gasteiger partial charge on any atom is -0.329 e. The lowest BCUT2D eigenvalue weighted by molar-refractivity contribution is 0.0770. The Morgan fingerprint density at radius 3 is 2.88 bits per heavy atom. The molecule has 0 bridgehead atoms. The Hall–Kier alpha value is -1.61. The fraction of sp³-hybridized carbons (Fsp3) is 0.154. The SMILES string of the molecule is [2H]C1c2ccsc2C(=O)N1Cc1ccccc1. The fourth-order valence-electron chi connectivity index (χ4n) is 1.85. The number of thiophene rings is 1. The molecule has 2 heterocycles. The molecule has 1 aromatic carbocycles. The van der Waals surface area contributed by atoms with E-state index in [9.17, 15) is 4.79 Å². The van der Waals surface area contributed by atoms with Gasteiger partial charge >= 0.3 is 0 Å². The van der Waals surface area contributed by atoms with Crippen LogP contribution in [-0.2, 0) is 13.1 Å². The van der Waals surface area contributed by atoms with Crippen molar-refractivity contribution in [3.63, 3.8) is 0 Å². The van der Waals surface area contributed by atoms with Crippen molar-refractivity contribution >= 4 is 17.2 Å². The van der Waals surface area contributed by atoms with E-state index in [0.29, 0.717) is 6.54 Å². The average Bonchev–Trinajstić information content (AvgIpc) is 2.91. The number of carbonyl (C=O) groups is 1. The zero-order valence-electron chi connectivity index (χ0n) is 9.59. The number of fused-ring (bicyclic) bond motifs is 1. The van der Waals surface area contributed by atoms with E-state index in [1.165, 1.54) is 11.3 Å². The van der Waals surface area contributed by atoms with Crippen molar-refractivity contribution in [1.82, 2.24) is 4.90 Å². The number of rotatable bonds is 2. The Bertz CT molecular complexity index is 552. The number of carbonyl (C=O) groups excluding carboxylic acids is 1.